The number of likely N-dealkylation sites (tertiary alicyclic amines) is 1. The third-order valence-corrected chi connectivity index (χ3v) is 5.79. The summed E-state index contributed by atoms with van der Waals surface area (Å²) in [7, 11) is 0. The van der Waals surface area contributed by atoms with Crippen LogP contribution in [0.15, 0.2) is 22.7 Å². The molecule has 0 N–H and O–H groups in total. The molecule has 10 heteroatoms. The SMILES string of the molecule is Cc1cc2nc(C3CCN(C(=O)c4cc(C5CC5)on4)CC3)cc(C(F)(F)F)n2n1. The van der Waals surface area contributed by atoms with Crippen molar-refractivity contribution in [3.05, 3.63) is 46.7 Å². The first-order chi connectivity index (χ1) is 14.3. The van der Waals surface area contributed by atoms with Crippen molar-refractivity contribution in [3.8, 4) is 0 Å². The fourth-order valence-electron chi connectivity index (χ4n) is 4.01. The molecule has 3 aromatic rings. The summed E-state index contributed by atoms with van der Waals surface area (Å²) in [6.45, 7) is 2.50. The zero-order chi connectivity index (χ0) is 21.0. The maximum atomic E-state index is 13.5. The fourth-order valence-corrected chi connectivity index (χ4v) is 4.01. The van der Waals surface area contributed by atoms with Crippen molar-refractivity contribution in [3.63, 3.8) is 0 Å². The van der Waals surface area contributed by atoms with Crippen molar-refractivity contribution in [2.75, 3.05) is 13.1 Å². The van der Waals surface area contributed by atoms with Gasteiger partial charge in [0.2, 0.25) is 0 Å². The lowest BCUT2D eigenvalue weighted by atomic mass is 9.92. The van der Waals surface area contributed by atoms with Crippen LogP contribution in [0.25, 0.3) is 5.65 Å². The Morgan fingerprint density at radius 3 is 2.50 bits per heavy atom. The van der Waals surface area contributed by atoms with Crippen LogP contribution >= 0.6 is 0 Å². The van der Waals surface area contributed by atoms with Gasteiger partial charge in [0.1, 0.15) is 11.5 Å². The summed E-state index contributed by atoms with van der Waals surface area (Å²) in [5.41, 5.74) is 0.516. The molecule has 2 fully saturated rings. The summed E-state index contributed by atoms with van der Waals surface area (Å²) in [6, 6.07) is 4.33. The molecule has 1 saturated heterocycles. The van der Waals surface area contributed by atoms with E-state index in [1.54, 1.807) is 24.0 Å². The predicted molar refractivity (Wildman–Crippen MR) is 99.1 cm³/mol. The van der Waals surface area contributed by atoms with Crippen molar-refractivity contribution >= 4 is 11.6 Å². The van der Waals surface area contributed by atoms with Gasteiger partial charge in [0, 0.05) is 42.8 Å². The van der Waals surface area contributed by atoms with Gasteiger partial charge in [-0.15, -0.1) is 0 Å². The Morgan fingerprint density at radius 2 is 1.83 bits per heavy atom. The number of hydrogen-bond donors (Lipinski definition) is 0. The highest BCUT2D eigenvalue weighted by Crippen LogP contribution is 2.40. The molecule has 0 unspecified atom stereocenters. The molecule has 1 aliphatic carbocycles. The molecular formula is C20H20F3N5O2. The molecule has 2 aliphatic rings. The number of aryl methyl sites for hydroxylation is 1. The van der Waals surface area contributed by atoms with Gasteiger partial charge in [0.25, 0.3) is 5.91 Å². The summed E-state index contributed by atoms with van der Waals surface area (Å²) in [5.74, 6) is 0.770. The van der Waals surface area contributed by atoms with E-state index in [-0.39, 0.29) is 17.5 Å². The van der Waals surface area contributed by atoms with Gasteiger partial charge in [0.05, 0.1) is 5.69 Å². The number of fused-ring (bicyclic) bond motifs is 1. The third-order valence-electron chi connectivity index (χ3n) is 5.79. The van der Waals surface area contributed by atoms with Gasteiger partial charge in [-0.2, -0.15) is 18.3 Å². The van der Waals surface area contributed by atoms with Crippen LogP contribution in [0.2, 0.25) is 0 Å². The number of halogens is 3. The highest BCUT2D eigenvalue weighted by molar-refractivity contribution is 5.92. The third kappa shape index (κ3) is 3.44. The number of carbonyl (C=O) groups is 1. The number of alkyl halides is 3. The average Bonchev–Trinajstić information content (AvgIpc) is 3.31. The quantitative estimate of drug-likeness (QED) is 0.643. The van der Waals surface area contributed by atoms with E-state index < -0.39 is 11.9 Å². The molecule has 1 aliphatic heterocycles. The predicted octanol–water partition coefficient (Wildman–Crippen LogP) is 3.94. The Labute approximate surface area is 169 Å². The number of amides is 1. The van der Waals surface area contributed by atoms with Crippen molar-refractivity contribution < 1.29 is 22.5 Å². The smallest absolute Gasteiger partial charge is 0.360 e. The van der Waals surface area contributed by atoms with E-state index in [1.807, 2.05) is 0 Å². The van der Waals surface area contributed by atoms with Gasteiger partial charge in [-0.05, 0) is 38.7 Å². The minimum absolute atomic E-state index is 0.158. The Hall–Kier alpha value is -2.91. The van der Waals surface area contributed by atoms with E-state index in [0.29, 0.717) is 48.9 Å². The van der Waals surface area contributed by atoms with E-state index in [0.717, 1.165) is 29.2 Å². The summed E-state index contributed by atoms with van der Waals surface area (Å²) in [5, 5.41) is 7.81. The van der Waals surface area contributed by atoms with Crippen LogP contribution in [0.3, 0.4) is 0 Å². The number of hydrogen-bond acceptors (Lipinski definition) is 5. The van der Waals surface area contributed by atoms with E-state index in [4.69, 9.17) is 4.52 Å². The van der Waals surface area contributed by atoms with Crippen LogP contribution in [0.5, 0.6) is 0 Å². The largest absolute Gasteiger partial charge is 0.433 e. The lowest BCUT2D eigenvalue weighted by Gasteiger charge is -2.31. The van der Waals surface area contributed by atoms with Gasteiger partial charge in [-0.3, -0.25) is 4.79 Å². The van der Waals surface area contributed by atoms with Crippen LogP contribution in [-0.2, 0) is 6.18 Å². The van der Waals surface area contributed by atoms with Crippen molar-refractivity contribution in [2.45, 2.75) is 50.6 Å². The number of carbonyl (C=O) groups excluding carboxylic acids is 1. The van der Waals surface area contributed by atoms with Crippen molar-refractivity contribution in [1.29, 1.82) is 0 Å². The molecule has 0 spiro atoms. The molecule has 0 radical (unpaired) electrons. The maximum Gasteiger partial charge on any atom is 0.433 e. The van der Waals surface area contributed by atoms with E-state index in [1.165, 1.54) is 0 Å². The molecular weight excluding hydrogens is 399 g/mol. The van der Waals surface area contributed by atoms with Gasteiger partial charge >= 0.3 is 6.18 Å². The second kappa shape index (κ2) is 6.82. The molecule has 0 aromatic carbocycles. The Morgan fingerprint density at radius 1 is 1.10 bits per heavy atom. The van der Waals surface area contributed by atoms with Crippen molar-refractivity contribution in [2.24, 2.45) is 0 Å². The van der Waals surface area contributed by atoms with Crippen molar-refractivity contribution in [1.82, 2.24) is 24.7 Å². The second-order valence-corrected chi connectivity index (χ2v) is 8.07. The minimum Gasteiger partial charge on any atom is -0.360 e. The molecule has 158 valence electrons. The highest BCUT2D eigenvalue weighted by Gasteiger charge is 2.37. The molecule has 5 rings (SSSR count). The van der Waals surface area contributed by atoms with Gasteiger partial charge < -0.3 is 9.42 Å². The Bertz CT molecular complexity index is 1110. The molecule has 1 amide bonds. The van der Waals surface area contributed by atoms with E-state index >= 15 is 0 Å². The van der Waals surface area contributed by atoms with Crippen LogP contribution in [0, 0.1) is 6.92 Å². The minimum atomic E-state index is -4.53. The van der Waals surface area contributed by atoms with E-state index in [9.17, 15) is 18.0 Å². The normalized spacial score (nSPS) is 18.3. The number of rotatable bonds is 3. The summed E-state index contributed by atoms with van der Waals surface area (Å²) < 4.78 is 46.7. The molecule has 1 saturated carbocycles. The van der Waals surface area contributed by atoms with Crippen LogP contribution in [-0.4, -0.2) is 43.7 Å². The Kier molecular flexibility index (Phi) is 4.33. The zero-order valence-corrected chi connectivity index (χ0v) is 16.3. The maximum absolute atomic E-state index is 13.5. The monoisotopic (exact) mass is 419 g/mol. The lowest BCUT2D eigenvalue weighted by molar-refractivity contribution is -0.142. The van der Waals surface area contributed by atoms with Gasteiger partial charge in [-0.1, -0.05) is 5.16 Å². The summed E-state index contributed by atoms with van der Waals surface area (Å²) in [6.07, 6.45) is -1.35. The number of nitrogens with zero attached hydrogens (tertiary/aromatic N) is 5. The molecule has 7 nitrogen and oxygen atoms in total. The van der Waals surface area contributed by atoms with Crippen LogP contribution in [0.1, 0.15) is 70.8 Å². The molecule has 0 atom stereocenters. The molecule has 30 heavy (non-hydrogen) atoms. The van der Waals surface area contributed by atoms with Gasteiger partial charge in [0.15, 0.2) is 11.3 Å². The second-order valence-electron chi connectivity index (χ2n) is 8.07. The highest BCUT2D eigenvalue weighted by atomic mass is 19.4. The molecule has 3 aromatic heterocycles. The lowest BCUT2D eigenvalue weighted by Crippen LogP contribution is -2.38. The van der Waals surface area contributed by atoms with Crippen LogP contribution < -0.4 is 0 Å². The first kappa shape index (κ1) is 19.1. The number of aromatic nitrogens is 4. The van der Waals surface area contributed by atoms with E-state index in [2.05, 4.69) is 15.2 Å². The average molecular weight is 419 g/mol. The number of piperidine rings is 1. The first-order valence-corrected chi connectivity index (χ1v) is 10.00. The Balaban J connectivity index is 1.33. The standard InChI is InChI=1S/C20H20F3N5O2/c1-11-8-18-24-14(10-17(20(21,22)23)28(18)25-11)12-4-6-27(7-5-12)19(29)15-9-16(30-26-15)13-2-3-13/h8-10,12-13H,2-7H2,1H3. The summed E-state index contributed by atoms with van der Waals surface area (Å²) in [4.78, 5) is 18.8. The molecule has 0 bridgehead atoms. The first-order valence-electron chi connectivity index (χ1n) is 10.00. The molecule has 4 heterocycles. The van der Waals surface area contributed by atoms with Crippen LogP contribution in [0.4, 0.5) is 13.2 Å². The zero-order valence-electron chi connectivity index (χ0n) is 16.3. The topological polar surface area (TPSA) is 76.5 Å². The fraction of sp³-hybridized carbons (Fsp3) is 0.500. The summed E-state index contributed by atoms with van der Waals surface area (Å²) >= 11 is 0. The van der Waals surface area contributed by atoms with Gasteiger partial charge in [-0.25, -0.2) is 9.50 Å².